The zero-order valence-electron chi connectivity index (χ0n) is 16.6. The van der Waals surface area contributed by atoms with E-state index in [1.54, 1.807) is 10.8 Å². The van der Waals surface area contributed by atoms with E-state index in [-0.39, 0.29) is 5.56 Å². The predicted octanol–water partition coefficient (Wildman–Crippen LogP) is 4.22. The summed E-state index contributed by atoms with van der Waals surface area (Å²) < 4.78 is 7.38. The molecule has 0 saturated carbocycles. The third-order valence-electron chi connectivity index (χ3n) is 4.54. The molecule has 3 aromatic rings. The van der Waals surface area contributed by atoms with Gasteiger partial charge >= 0.3 is 0 Å². The van der Waals surface area contributed by atoms with E-state index < -0.39 is 0 Å². The number of hydrogen-bond acceptors (Lipinski definition) is 4. The molecule has 5 nitrogen and oxygen atoms in total. The third kappa shape index (κ3) is 6.73. The molecule has 0 atom stereocenters. The van der Waals surface area contributed by atoms with Crippen LogP contribution in [-0.2, 0) is 26.1 Å². The molecule has 0 radical (unpaired) electrons. The molecule has 29 heavy (non-hydrogen) atoms. The molecular formula is C23H26ClN3O2. The van der Waals surface area contributed by atoms with Crippen LogP contribution in [0.2, 0.25) is 5.02 Å². The van der Waals surface area contributed by atoms with Crippen molar-refractivity contribution in [2.45, 2.75) is 39.5 Å². The van der Waals surface area contributed by atoms with Crippen molar-refractivity contribution in [3.05, 3.63) is 93.1 Å². The highest BCUT2D eigenvalue weighted by atomic mass is 35.5. The maximum absolute atomic E-state index is 12.4. The van der Waals surface area contributed by atoms with Crippen molar-refractivity contribution >= 4 is 11.6 Å². The fraction of sp³-hybridized carbons (Fsp3) is 0.304. The van der Waals surface area contributed by atoms with Crippen molar-refractivity contribution in [1.82, 2.24) is 14.9 Å². The van der Waals surface area contributed by atoms with Gasteiger partial charge in [0, 0.05) is 48.7 Å². The maximum Gasteiger partial charge on any atom is 0.254 e. The summed E-state index contributed by atoms with van der Waals surface area (Å²) in [6, 6.07) is 14.9. The van der Waals surface area contributed by atoms with Gasteiger partial charge in [-0.05, 0) is 48.4 Å². The third-order valence-corrected chi connectivity index (χ3v) is 4.79. The molecule has 2 aromatic heterocycles. The van der Waals surface area contributed by atoms with Crippen molar-refractivity contribution in [3.8, 4) is 5.75 Å². The molecule has 2 heterocycles. The van der Waals surface area contributed by atoms with Crippen LogP contribution in [0.1, 0.15) is 30.2 Å². The van der Waals surface area contributed by atoms with Gasteiger partial charge in [-0.25, -0.2) is 0 Å². The Bertz CT molecular complexity index is 953. The summed E-state index contributed by atoms with van der Waals surface area (Å²) in [6.07, 6.45) is 5.48. The zero-order chi connectivity index (χ0) is 20.5. The summed E-state index contributed by atoms with van der Waals surface area (Å²) in [5, 5.41) is 4.05. The van der Waals surface area contributed by atoms with Gasteiger partial charge in [-0.2, -0.15) is 0 Å². The van der Waals surface area contributed by atoms with E-state index in [0.29, 0.717) is 30.3 Å². The molecule has 6 heteroatoms. The summed E-state index contributed by atoms with van der Waals surface area (Å²) in [6.45, 7) is 4.96. The minimum Gasteiger partial charge on any atom is -0.489 e. The van der Waals surface area contributed by atoms with E-state index >= 15 is 0 Å². The SMILES string of the molecule is CCCNCc1ccc(CCn2ccc(OCc3ccc(Cl)cc3)cc2=O)nc1. The smallest absolute Gasteiger partial charge is 0.254 e. The topological polar surface area (TPSA) is 56.2 Å². The van der Waals surface area contributed by atoms with Crippen LogP contribution in [0.25, 0.3) is 0 Å². The van der Waals surface area contributed by atoms with Crippen LogP contribution in [0.4, 0.5) is 0 Å². The van der Waals surface area contributed by atoms with Gasteiger partial charge in [-0.1, -0.05) is 36.7 Å². The summed E-state index contributed by atoms with van der Waals surface area (Å²) in [7, 11) is 0. The number of rotatable bonds is 10. The number of aromatic nitrogens is 2. The molecule has 3 rings (SSSR count). The Balaban J connectivity index is 1.51. The summed E-state index contributed by atoms with van der Waals surface area (Å²) >= 11 is 5.88. The van der Waals surface area contributed by atoms with E-state index in [4.69, 9.17) is 16.3 Å². The molecule has 0 bridgehead atoms. The Kier molecular flexibility index (Phi) is 7.85. The van der Waals surface area contributed by atoms with Gasteiger partial charge in [0.25, 0.3) is 5.56 Å². The summed E-state index contributed by atoms with van der Waals surface area (Å²) in [5.74, 6) is 0.559. The predicted molar refractivity (Wildman–Crippen MR) is 116 cm³/mol. The highest BCUT2D eigenvalue weighted by molar-refractivity contribution is 6.30. The average molecular weight is 412 g/mol. The van der Waals surface area contributed by atoms with Gasteiger partial charge in [0.05, 0.1) is 0 Å². The number of hydrogen-bond donors (Lipinski definition) is 1. The number of halogens is 1. The van der Waals surface area contributed by atoms with Crippen LogP contribution in [0.5, 0.6) is 5.75 Å². The lowest BCUT2D eigenvalue weighted by Gasteiger charge is -2.09. The maximum atomic E-state index is 12.4. The van der Waals surface area contributed by atoms with E-state index in [9.17, 15) is 4.79 Å². The average Bonchev–Trinajstić information content (AvgIpc) is 2.74. The minimum absolute atomic E-state index is 0.0843. The first-order valence-electron chi connectivity index (χ1n) is 9.86. The van der Waals surface area contributed by atoms with Gasteiger partial charge in [0.1, 0.15) is 12.4 Å². The number of benzene rings is 1. The van der Waals surface area contributed by atoms with E-state index in [0.717, 1.165) is 30.8 Å². The van der Waals surface area contributed by atoms with Crippen molar-refractivity contribution in [2.24, 2.45) is 0 Å². The van der Waals surface area contributed by atoms with E-state index in [2.05, 4.69) is 23.3 Å². The first-order valence-corrected chi connectivity index (χ1v) is 10.2. The standard InChI is InChI=1S/C23H26ClN3O2/c1-2-11-25-15-19-5-8-21(26-16-19)9-12-27-13-10-22(14-23(27)28)29-17-18-3-6-20(24)7-4-18/h3-8,10,13-14,16,25H,2,9,11-12,15,17H2,1H3. The van der Waals surface area contributed by atoms with Gasteiger partial charge in [-0.3, -0.25) is 9.78 Å². The molecule has 1 N–H and O–H groups in total. The second kappa shape index (κ2) is 10.8. The van der Waals surface area contributed by atoms with Crippen molar-refractivity contribution in [2.75, 3.05) is 6.54 Å². The molecule has 0 unspecified atom stereocenters. The fourth-order valence-corrected chi connectivity index (χ4v) is 2.99. The number of ether oxygens (including phenoxy) is 1. The Morgan fingerprint density at radius 2 is 1.90 bits per heavy atom. The van der Waals surface area contributed by atoms with Crippen LogP contribution in [0.3, 0.4) is 0 Å². The number of pyridine rings is 2. The largest absolute Gasteiger partial charge is 0.489 e. The monoisotopic (exact) mass is 411 g/mol. The molecule has 0 aliphatic rings. The highest BCUT2D eigenvalue weighted by Gasteiger charge is 2.03. The minimum atomic E-state index is -0.0843. The molecular weight excluding hydrogens is 386 g/mol. The molecule has 0 aliphatic heterocycles. The van der Waals surface area contributed by atoms with Gasteiger partial charge < -0.3 is 14.6 Å². The lowest BCUT2D eigenvalue weighted by atomic mass is 10.2. The van der Waals surface area contributed by atoms with Crippen LogP contribution < -0.4 is 15.6 Å². The first kappa shape index (κ1) is 21.1. The molecule has 0 saturated heterocycles. The summed E-state index contributed by atoms with van der Waals surface area (Å²) in [5.41, 5.74) is 3.05. The molecule has 0 spiro atoms. The number of nitrogens with zero attached hydrogens (tertiary/aromatic N) is 2. The first-order chi connectivity index (χ1) is 14.1. The second-order valence-corrected chi connectivity index (χ2v) is 7.33. The van der Waals surface area contributed by atoms with Gasteiger partial charge in [0.15, 0.2) is 0 Å². The number of aryl methyl sites for hydroxylation is 2. The van der Waals surface area contributed by atoms with E-state index in [1.165, 1.54) is 11.6 Å². The van der Waals surface area contributed by atoms with Crippen LogP contribution >= 0.6 is 11.6 Å². The van der Waals surface area contributed by atoms with E-state index in [1.807, 2.05) is 42.6 Å². The lowest BCUT2D eigenvalue weighted by molar-refractivity contribution is 0.305. The lowest BCUT2D eigenvalue weighted by Crippen LogP contribution is -2.20. The quantitative estimate of drug-likeness (QED) is 0.507. The molecule has 1 aromatic carbocycles. The van der Waals surface area contributed by atoms with Crippen molar-refractivity contribution in [1.29, 1.82) is 0 Å². The molecule has 0 aliphatic carbocycles. The number of nitrogens with one attached hydrogen (secondary N) is 1. The van der Waals surface area contributed by atoms with Gasteiger partial charge in [-0.15, -0.1) is 0 Å². The van der Waals surface area contributed by atoms with Crippen LogP contribution in [-0.4, -0.2) is 16.1 Å². The zero-order valence-corrected chi connectivity index (χ0v) is 17.4. The normalized spacial score (nSPS) is 10.8. The Labute approximate surface area is 176 Å². The Hall–Kier alpha value is -2.63. The van der Waals surface area contributed by atoms with Crippen LogP contribution in [0.15, 0.2) is 65.7 Å². The summed E-state index contributed by atoms with van der Waals surface area (Å²) in [4.78, 5) is 16.9. The van der Waals surface area contributed by atoms with Gasteiger partial charge in [0.2, 0.25) is 0 Å². The molecule has 0 fully saturated rings. The fourth-order valence-electron chi connectivity index (χ4n) is 2.86. The van der Waals surface area contributed by atoms with Crippen molar-refractivity contribution in [3.63, 3.8) is 0 Å². The highest BCUT2D eigenvalue weighted by Crippen LogP contribution is 2.13. The van der Waals surface area contributed by atoms with Crippen molar-refractivity contribution < 1.29 is 4.74 Å². The second-order valence-electron chi connectivity index (χ2n) is 6.89. The molecule has 152 valence electrons. The Morgan fingerprint density at radius 3 is 2.59 bits per heavy atom. The van der Waals surface area contributed by atoms with Crippen LogP contribution in [0, 0.1) is 0 Å². The Morgan fingerprint density at radius 1 is 1.10 bits per heavy atom. The molecule has 0 amide bonds.